The summed E-state index contributed by atoms with van der Waals surface area (Å²) in [6.45, 7) is 2.29. The zero-order chi connectivity index (χ0) is 13.2. The van der Waals surface area contributed by atoms with E-state index in [0.29, 0.717) is 17.4 Å². The van der Waals surface area contributed by atoms with Crippen LogP contribution in [0, 0.1) is 6.92 Å². The lowest BCUT2D eigenvalue weighted by molar-refractivity contribution is 0.174. The second kappa shape index (κ2) is 5.02. The van der Waals surface area contributed by atoms with E-state index in [-0.39, 0.29) is 6.79 Å². The summed E-state index contributed by atoms with van der Waals surface area (Å²) in [5.74, 6) is 3.34. The zero-order valence-electron chi connectivity index (χ0n) is 10.5. The molecule has 0 saturated carbocycles. The van der Waals surface area contributed by atoms with E-state index in [0.717, 1.165) is 22.6 Å². The molecule has 0 saturated heterocycles. The van der Waals surface area contributed by atoms with Crippen LogP contribution < -0.4 is 14.2 Å². The van der Waals surface area contributed by atoms with E-state index >= 15 is 0 Å². The molecule has 4 heteroatoms. The molecule has 2 aromatic carbocycles. The molecule has 0 spiro atoms. The maximum absolute atomic E-state index is 5.94. The van der Waals surface area contributed by atoms with Crippen molar-refractivity contribution in [2.24, 2.45) is 0 Å². The summed E-state index contributed by atoms with van der Waals surface area (Å²) in [7, 11) is 0. The van der Waals surface area contributed by atoms with Crippen LogP contribution in [0.25, 0.3) is 0 Å². The Bertz CT molecular complexity index is 610. The minimum Gasteiger partial charge on any atom is -0.457 e. The van der Waals surface area contributed by atoms with Crippen LogP contribution in [0.4, 0.5) is 0 Å². The van der Waals surface area contributed by atoms with E-state index < -0.39 is 0 Å². The van der Waals surface area contributed by atoms with Crippen molar-refractivity contribution in [3.63, 3.8) is 0 Å². The van der Waals surface area contributed by atoms with E-state index in [2.05, 4.69) is 0 Å². The summed E-state index contributed by atoms with van der Waals surface area (Å²) < 4.78 is 16.5. The Labute approximate surface area is 116 Å². The van der Waals surface area contributed by atoms with E-state index in [1.54, 1.807) is 0 Å². The molecule has 19 heavy (non-hydrogen) atoms. The van der Waals surface area contributed by atoms with Gasteiger partial charge in [0.2, 0.25) is 6.79 Å². The van der Waals surface area contributed by atoms with Gasteiger partial charge in [-0.25, -0.2) is 0 Å². The van der Waals surface area contributed by atoms with Gasteiger partial charge in [0.25, 0.3) is 0 Å². The molecule has 3 nitrogen and oxygen atoms in total. The summed E-state index contributed by atoms with van der Waals surface area (Å²) in [6, 6.07) is 11.5. The molecule has 0 unspecified atom stereocenters. The molecule has 0 amide bonds. The van der Waals surface area contributed by atoms with Crippen molar-refractivity contribution < 1.29 is 14.2 Å². The minimum absolute atomic E-state index is 0.260. The van der Waals surface area contributed by atoms with Crippen LogP contribution in [0.5, 0.6) is 23.0 Å². The number of fused-ring (bicyclic) bond motifs is 1. The largest absolute Gasteiger partial charge is 0.457 e. The fourth-order valence-corrected chi connectivity index (χ4v) is 2.19. The van der Waals surface area contributed by atoms with Crippen molar-refractivity contribution in [2.75, 3.05) is 6.79 Å². The Morgan fingerprint density at radius 3 is 2.79 bits per heavy atom. The van der Waals surface area contributed by atoms with E-state index in [1.807, 2.05) is 43.3 Å². The molecule has 0 bridgehead atoms. The zero-order valence-corrected chi connectivity index (χ0v) is 11.2. The van der Waals surface area contributed by atoms with Gasteiger partial charge in [0.05, 0.1) is 5.88 Å². The average molecular weight is 277 g/mol. The van der Waals surface area contributed by atoms with Gasteiger partial charge in [-0.15, -0.1) is 11.6 Å². The molecule has 2 aromatic rings. The first-order valence-electron chi connectivity index (χ1n) is 5.99. The number of rotatable bonds is 3. The smallest absolute Gasteiger partial charge is 0.231 e. The first kappa shape index (κ1) is 12.2. The second-order valence-electron chi connectivity index (χ2n) is 4.36. The van der Waals surface area contributed by atoms with Crippen LogP contribution in [-0.2, 0) is 5.88 Å². The molecule has 98 valence electrons. The van der Waals surface area contributed by atoms with Crippen molar-refractivity contribution in [3.05, 3.63) is 47.5 Å². The minimum atomic E-state index is 0.260. The molecule has 0 N–H and O–H groups in total. The van der Waals surface area contributed by atoms with Crippen molar-refractivity contribution in [1.82, 2.24) is 0 Å². The van der Waals surface area contributed by atoms with Crippen LogP contribution in [-0.4, -0.2) is 6.79 Å². The van der Waals surface area contributed by atoms with E-state index in [9.17, 15) is 0 Å². The number of alkyl halides is 1. The number of hydrogen-bond donors (Lipinski definition) is 0. The van der Waals surface area contributed by atoms with Gasteiger partial charge in [-0.2, -0.15) is 0 Å². The van der Waals surface area contributed by atoms with E-state index in [1.165, 1.54) is 0 Å². The lowest BCUT2D eigenvalue weighted by atomic mass is 10.1. The van der Waals surface area contributed by atoms with Gasteiger partial charge < -0.3 is 14.2 Å². The topological polar surface area (TPSA) is 27.7 Å². The normalized spacial score (nSPS) is 12.5. The summed E-state index contributed by atoms with van der Waals surface area (Å²) in [5, 5.41) is 0. The molecule has 1 heterocycles. The highest BCUT2D eigenvalue weighted by atomic mass is 35.5. The third kappa shape index (κ3) is 2.47. The fraction of sp³-hybridized carbons (Fsp3) is 0.200. The lowest BCUT2D eigenvalue weighted by Crippen LogP contribution is -1.93. The van der Waals surface area contributed by atoms with Gasteiger partial charge >= 0.3 is 0 Å². The number of hydrogen-bond acceptors (Lipinski definition) is 3. The first-order chi connectivity index (χ1) is 9.26. The number of benzene rings is 2. The summed E-state index contributed by atoms with van der Waals surface area (Å²) >= 11 is 5.94. The summed E-state index contributed by atoms with van der Waals surface area (Å²) in [6.07, 6.45) is 0. The summed E-state index contributed by atoms with van der Waals surface area (Å²) in [4.78, 5) is 0. The Balaban J connectivity index is 1.89. The van der Waals surface area contributed by atoms with E-state index in [4.69, 9.17) is 25.8 Å². The van der Waals surface area contributed by atoms with Crippen LogP contribution >= 0.6 is 11.6 Å². The Morgan fingerprint density at radius 1 is 1.11 bits per heavy atom. The standard InChI is InChI=1S/C15H13ClO3/c1-10-2-4-13(11(6-10)8-16)19-12-3-5-14-15(7-12)18-9-17-14/h2-7H,8-9H2,1H3. The number of halogens is 1. The third-order valence-corrected chi connectivity index (χ3v) is 3.22. The molecule has 0 aliphatic carbocycles. The predicted molar refractivity (Wildman–Crippen MR) is 73.4 cm³/mol. The molecule has 0 radical (unpaired) electrons. The molecular formula is C15H13ClO3. The first-order valence-corrected chi connectivity index (χ1v) is 6.53. The van der Waals surface area contributed by atoms with Crippen LogP contribution in [0.1, 0.15) is 11.1 Å². The fourth-order valence-electron chi connectivity index (χ4n) is 1.98. The van der Waals surface area contributed by atoms with Crippen molar-refractivity contribution >= 4 is 11.6 Å². The molecule has 1 aliphatic rings. The highest BCUT2D eigenvalue weighted by Gasteiger charge is 2.14. The molecule has 0 atom stereocenters. The van der Waals surface area contributed by atoms with Crippen LogP contribution in [0.2, 0.25) is 0 Å². The van der Waals surface area contributed by atoms with Crippen molar-refractivity contribution in [2.45, 2.75) is 12.8 Å². The Morgan fingerprint density at radius 2 is 1.95 bits per heavy atom. The van der Waals surface area contributed by atoms with Crippen LogP contribution in [0.15, 0.2) is 36.4 Å². The van der Waals surface area contributed by atoms with Crippen LogP contribution in [0.3, 0.4) is 0 Å². The average Bonchev–Trinajstić information content (AvgIpc) is 2.88. The maximum atomic E-state index is 5.94. The third-order valence-electron chi connectivity index (χ3n) is 2.93. The SMILES string of the molecule is Cc1ccc(Oc2ccc3c(c2)OCO3)c(CCl)c1. The summed E-state index contributed by atoms with van der Waals surface area (Å²) in [5.41, 5.74) is 2.13. The van der Waals surface area contributed by atoms with Gasteiger partial charge in [-0.1, -0.05) is 17.7 Å². The molecule has 0 aromatic heterocycles. The van der Waals surface area contributed by atoms with Gasteiger partial charge in [-0.05, 0) is 25.1 Å². The second-order valence-corrected chi connectivity index (χ2v) is 4.63. The number of ether oxygens (including phenoxy) is 3. The number of aryl methyl sites for hydroxylation is 1. The lowest BCUT2D eigenvalue weighted by Gasteiger charge is -2.10. The van der Waals surface area contributed by atoms with Gasteiger partial charge in [0, 0.05) is 11.6 Å². The quantitative estimate of drug-likeness (QED) is 0.784. The molecular weight excluding hydrogens is 264 g/mol. The molecule has 0 fully saturated rings. The van der Waals surface area contributed by atoms with Gasteiger partial charge in [0.1, 0.15) is 11.5 Å². The van der Waals surface area contributed by atoms with Crippen molar-refractivity contribution in [3.8, 4) is 23.0 Å². The monoisotopic (exact) mass is 276 g/mol. The highest BCUT2D eigenvalue weighted by molar-refractivity contribution is 6.17. The molecule has 3 rings (SSSR count). The Kier molecular flexibility index (Phi) is 3.22. The predicted octanol–water partition coefficient (Wildman–Crippen LogP) is 4.25. The maximum Gasteiger partial charge on any atom is 0.231 e. The highest BCUT2D eigenvalue weighted by Crippen LogP contribution is 2.37. The van der Waals surface area contributed by atoms with Gasteiger partial charge in [-0.3, -0.25) is 0 Å². The Hall–Kier alpha value is -1.87. The van der Waals surface area contributed by atoms with Gasteiger partial charge in [0.15, 0.2) is 11.5 Å². The molecule has 1 aliphatic heterocycles. The van der Waals surface area contributed by atoms with Crippen molar-refractivity contribution in [1.29, 1.82) is 0 Å².